The Bertz CT molecular complexity index is 185. The minimum absolute atomic E-state index is 0.117. The van der Waals surface area contributed by atoms with Gasteiger partial charge in [-0.25, -0.2) is 0 Å². The van der Waals surface area contributed by atoms with E-state index in [1.165, 1.54) is 0 Å². The fourth-order valence-corrected chi connectivity index (χ4v) is 1.98. The molecule has 0 radical (unpaired) electrons. The van der Waals surface area contributed by atoms with Crippen LogP contribution < -0.4 is 5.32 Å². The van der Waals surface area contributed by atoms with Gasteiger partial charge >= 0.3 is 0 Å². The van der Waals surface area contributed by atoms with Crippen LogP contribution in [-0.4, -0.2) is 43.8 Å². The smallest absolute Gasteiger partial charge is 0.122 e. The molecule has 0 saturated carbocycles. The highest BCUT2D eigenvalue weighted by atomic mass is 16.5. The zero-order valence-corrected chi connectivity index (χ0v) is 10.8. The van der Waals surface area contributed by atoms with Crippen molar-refractivity contribution in [1.29, 1.82) is 0 Å². The molecule has 1 aliphatic heterocycles. The molecule has 4 nitrogen and oxygen atoms in total. The Balaban J connectivity index is 0.00000106. The van der Waals surface area contributed by atoms with Crippen LogP contribution >= 0.6 is 0 Å². The summed E-state index contributed by atoms with van der Waals surface area (Å²) in [4.78, 5) is 10.4. The topological polar surface area (TPSA) is 58.6 Å². The maximum absolute atomic E-state index is 10.4. The van der Waals surface area contributed by atoms with Gasteiger partial charge in [0.05, 0.1) is 12.2 Å². The summed E-state index contributed by atoms with van der Waals surface area (Å²) in [6, 6.07) is 0.501. The van der Waals surface area contributed by atoms with Gasteiger partial charge < -0.3 is 20.0 Å². The first-order valence-electron chi connectivity index (χ1n) is 5.88. The molecule has 1 fully saturated rings. The molecule has 0 bridgehead atoms. The number of aldehydes is 1. The van der Waals surface area contributed by atoms with Gasteiger partial charge in [-0.2, -0.15) is 0 Å². The molecule has 0 amide bonds. The monoisotopic (exact) mass is 231 g/mol. The van der Waals surface area contributed by atoms with E-state index in [1.807, 2.05) is 7.05 Å². The summed E-state index contributed by atoms with van der Waals surface area (Å²) in [5, 5.41) is 10.3. The zero-order valence-electron chi connectivity index (χ0n) is 10.8. The minimum Gasteiger partial charge on any atom is -0.400 e. The summed E-state index contributed by atoms with van der Waals surface area (Å²) in [6.07, 6.45) is 3.92. The fraction of sp³-hybridized carbons (Fsp3) is 0.917. The van der Waals surface area contributed by atoms with Crippen molar-refractivity contribution in [2.75, 3.05) is 14.2 Å². The maximum Gasteiger partial charge on any atom is 0.122 e. The summed E-state index contributed by atoms with van der Waals surface area (Å²) >= 11 is 0. The van der Waals surface area contributed by atoms with Gasteiger partial charge in [-0.3, -0.25) is 0 Å². The van der Waals surface area contributed by atoms with Gasteiger partial charge in [0.15, 0.2) is 0 Å². The lowest BCUT2D eigenvalue weighted by molar-refractivity contribution is -0.117. The van der Waals surface area contributed by atoms with E-state index in [1.54, 1.807) is 0 Å². The maximum atomic E-state index is 10.4. The van der Waals surface area contributed by atoms with Gasteiger partial charge in [0.25, 0.3) is 0 Å². The average Bonchev–Trinajstić information content (AvgIpc) is 2.31. The Morgan fingerprint density at radius 1 is 1.44 bits per heavy atom. The number of aliphatic hydroxyl groups excluding tert-OH is 1. The number of carbonyl (C=O) groups is 1. The van der Waals surface area contributed by atoms with Gasteiger partial charge in [-0.05, 0) is 25.8 Å². The van der Waals surface area contributed by atoms with Crippen LogP contribution in [0.2, 0.25) is 0 Å². The lowest BCUT2D eigenvalue weighted by Gasteiger charge is -2.36. The SMILES string of the molecule is CN[C@@H]1CC(C(C)C)O[C@H](CC=O)C1.CO. The predicted molar refractivity (Wildman–Crippen MR) is 64.4 cm³/mol. The summed E-state index contributed by atoms with van der Waals surface area (Å²) < 4.78 is 5.85. The van der Waals surface area contributed by atoms with Gasteiger partial charge in [0, 0.05) is 19.6 Å². The Labute approximate surface area is 98.4 Å². The molecule has 1 saturated heterocycles. The van der Waals surface area contributed by atoms with E-state index in [9.17, 15) is 4.79 Å². The highest BCUT2D eigenvalue weighted by Gasteiger charge is 2.29. The number of rotatable bonds is 4. The third kappa shape index (κ3) is 5.05. The molecule has 16 heavy (non-hydrogen) atoms. The Hall–Kier alpha value is -0.450. The molecule has 2 N–H and O–H groups in total. The fourth-order valence-electron chi connectivity index (χ4n) is 1.98. The second-order valence-electron chi connectivity index (χ2n) is 4.40. The van der Waals surface area contributed by atoms with Crippen LogP contribution in [0.4, 0.5) is 0 Å². The second-order valence-corrected chi connectivity index (χ2v) is 4.40. The Morgan fingerprint density at radius 3 is 2.50 bits per heavy atom. The molecule has 3 atom stereocenters. The van der Waals surface area contributed by atoms with Crippen molar-refractivity contribution in [2.24, 2.45) is 5.92 Å². The van der Waals surface area contributed by atoms with Crippen molar-refractivity contribution < 1.29 is 14.6 Å². The quantitative estimate of drug-likeness (QED) is 0.708. The molecule has 0 aromatic heterocycles. The third-order valence-electron chi connectivity index (χ3n) is 2.94. The number of nitrogens with one attached hydrogen (secondary N) is 1. The highest BCUT2D eigenvalue weighted by Crippen LogP contribution is 2.25. The van der Waals surface area contributed by atoms with Crippen molar-refractivity contribution in [3.63, 3.8) is 0 Å². The lowest BCUT2D eigenvalue weighted by Crippen LogP contribution is -2.43. The summed E-state index contributed by atoms with van der Waals surface area (Å²) in [7, 11) is 2.98. The van der Waals surface area contributed by atoms with E-state index in [0.717, 1.165) is 26.2 Å². The van der Waals surface area contributed by atoms with Gasteiger partial charge in [0.2, 0.25) is 0 Å². The number of aliphatic hydroxyl groups is 1. The first-order chi connectivity index (χ1) is 7.67. The van der Waals surface area contributed by atoms with Crippen LogP contribution in [0.3, 0.4) is 0 Å². The van der Waals surface area contributed by atoms with Crippen molar-refractivity contribution in [2.45, 2.75) is 51.4 Å². The van der Waals surface area contributed by atoms with Gasteiger partial charge in [-0.15, -0.1) is 0 Å². The lowest BCUT2D eigenvalue weighted by atomic mass is 9.91. The van der Waals surface area contributed by atoms with Crippen LogP contribution in [0.25, 0.3) is 0 Å². The second kappa shape index (κ2) is 8.67. The van der Waals surface area contributed by atoms with E-state index < -0.39 is 0 Å². The van der Waals surface area contributed by atoms with Gasteiger partial charge in [-0.1, -0.05) is 13.8 Å². The van der Waals surface area contributed by atoms with Gasteiger partial charge in [0.1, 0.15) is 6.29 Å². The number of carbonyl (C=O) groups excluding carboxylic acids is 1. The normalized spacial score (nSPS) is 29.5. The standard InChI is InChI=1S/C11H21NO2.CH4O/c1-8(2)11-7-9(12-3)6-10(14-11)4-5-13;1-2/h5,8-12H,4,6-7H2,1-3H3;2H,1H3/t9-,10+,11?;/m0./s1. The summed E-state index contributed by atoms with van der Waals surface area (Å²) in [5.41, 5.74) is 0. The van der Waals surface area contributed by atoms with Crippen molar-refractivity contribution in [3.05, 3.63) is 0 Å². The molecular formula is C12H25NO3. The van der Waals surface area contributed by atoms with Crippen LogP contribution in [0.1, 0.15) is 33.1 Å². The van der Waals surface area contributed by atoms with Crippen LogP contribution in [-0.2, 0) is 9.53 Å². The van der Waals surface area contributed by atoms with E-state index in [0.29, 0.717) is 24.5 Å². The van der Waals surface area contributed by atoms with Crippen LogP contribution in [0, 0.1) is 5.92 Å². The molecule has 0 aliphatic carbocycles. The molecule has 0 aromatic carbocycles. The molecule has 96 valence electrons. The first-order valence-corrected chi connectivity index (χ1v) is 5.88. The summed E-state index contributed by atoms with van der Waals surface area (Å²) in [5.74, 6) is 0.528. The molecule has 0 spiro atoms. The van der Waals surface area contributed by atoms with E-state index >= 15 is 0 Å². The van der Waals surface area contributed by atoms with Crippen molar-refractivity contribution >= 4 is 6.29 Å². The Morgan fingerprint density at radius 2 is 2.06 bits per heavy atom. The molecule has 4 heteroatoms. The Kier molecular flexibility index (Phi) is 8.43. The highest BCUT2D eigenvalue weighted by molar-refractivity contribution is 5.50. The van der Waals surface area contributed by atoms with E-state index in [-0.39, 0.29) is 6.10 Å². The summed E-state index contributed by atoms with van der Waals surface area (Å²) in [6.45, 7) is 4.33. The minimum atomic E-state index is 0.117. The van der Waals surface area contributed by atoms with Crippen LogP contribution in [0.5, 0.6) is 0 Å². The first kappa shape index (κ1) is 15.6. The zero-order chi connectivity index (χ0) is 12.6. The van der Waals surface area contributed by atoms with Crippen molar-refractivity contribution in [1.82, 2.24) is 5.32 Å². The molecular weight excluding hydrogens is 206 g/mol. The number of hydrogen-bond donors (Lipinski definition) is 2. The van der Waals surface area contributed by atoms with Crippen LogP contribution in [0.15, 0.2) is 0 Å². The van der Waals surface area contributed by atoms with Crippen molar-refractivity contribution in [3.8, 4) is 0 Å². The molecule has 0 aromatic rings. The molecule has 1 unspecified atom stereocenters. The third-order valence-corrected chi connectivity index (χ3v) is 2.94. The molecule has 1 rings (SSSR count). The average molecular weight is 231 g/mol. The molecule has 1 aliphatic rings. The largest absolute Gasteiger partial charge is 0.400 e. The number of hydrogen-bond acceptors (Lipinski definition) is 4. The predicted octanol–water partition coefficient (Wildman–Crippen LogP) is 0.976. The number of ether oxygens (including phenoxy) is 1. The van der Waals surface area contributed by atoms with E-state index in [2.05, 4.69) is 19.2 Å². The molecule has 1 heterocycles. The van der Waals surface area contributed by atoms with E-state index in [4.69, 9.17) is 9.84 Å².